The van der Waals surface area contributed by atoms with E-state index < -0.39 is 0 Å². The summed E-state index contributed by atoms with van der Waals surface area (Å²) in [6, 6.07) is 0. The number of hydrogen-bond acceptors (Lipinski definition) is 2. The fraction of sp³-hybridized carbons (Fsp3) is 0.333. The fourth-order valence-corrected chi connectivity index (χ4v) is 1.73. The van der Waals surface area contributed by atoms with E-state index in [0.29, 0.717) is 17.9 Å². The third-order valence-electron chi connectivity index (χ3n) is 1.22. The average molecular weight is 246 g/mol. The molecule has 0 aromatic carbocycles. The molecule has 2 nitrogen and oxygen atoms in total. The molecule has 0 spiro atoms. The quantitative estimate of drug-likeness (QED) is 0.454. The Morgan fingerprint density at radius 1 is 1.00 bits per heavy atom. The molecule has 0 fully saturated rings. The van der Waals surface area contributed by atoms with Crippen molar-refractivity contribution in [3.05, 3.63) is 21.2 Å². The van der Waals surface area contributed by atoms with Crippen LogP contribution in [0.4, 0.5) is 0 Å². The molecule has 0 aliphatic heterocycles. The Labute approximate surface area is 89.8 Å². The van der Waals surface area contributed by atoms with Crippen molar-refractivity contribution in [2.45, 2.75) is 6.42 Å². The molecule has 12 heavy (non-hydrogen) atoms. The van der Waals surface area contributed by atoms with Crippen molar-refractivity contribution in [3.8, 4) is 0 Å². The Morgan fingerprint density at radius 2 is 1.50 bits per heavy atom. The Bertz CT molecular complexity index is 266. The maximum atomic E-state index is 5.73. The number of alkyl halides is 1. The van der Waals surface area contributed by atoms with Gasteiger partial charge in [0.05, 0.1) is 0 Å². The molecule has 0 atom stereocenters. The van der Waals surface area contributed by atoms with Gasteiger partial charge in [0.1, 0.15) is 10.3 Å². The van der Waals surface area contributed by atoms with E-state index in [4.69, 9.17) is 46.4 Å². The van der Waals surface area contributed by atoms with Crippen LogP contribution in [-0.4, -0.2) is 15.8 Å². The molecule has 0 radical (unpaired) electrons. The van der Waals surface area contributed by atoms with E-state index in [-0.39, 0.29) is 15.6 Å². The van der Waals surface area contributed by atoms with Gasteiger partial charge in [-0.1, -0.05) is 23.2 Å². The molecule has 0 aliphatic carbocycles. The van der Waals surface area contributed by atoms with Gasteiger partial charge in [0, 0.05) is 11.4 Å². The zero-order valence-corrected chi connectivity index (χ0v) is 8.84. The van der Waals surface area contributed by atoms with Gasteiger partial charge >= 0.3 is 0 Å². The van der Waals surface area contributed by atoms with Gasteiger partial charge in [0.25, 0.3) is 0 Å². The van der Waals surface area contributed by atoms with E-state index in [0.717, 1.165) is 0 Å². The van der Waals surface area contributed by atoms with Crippen LogP contribution in [-0.2, 0) is 6.42 Å². The van der Waals surface area contributed by atoms with E-state index in [1.807, 2.05) is 0 Å². The van der Waals surface area contributed by atoms with E-state index in [9.17, 15) is 0 Å². The molecule has 0 saturated heterocycles. The predicted molar refractivity (Wildman–Crippen MR) is 51.5 cm³/mol. The molecule has 1 heterocycles. The van der Waals surface area contributed by atoms with E-state index in [2.05, 4.69) is 9.97 Å². The Balaban J connectivity index is 3.10. The molecule has 0 saturated carbocycles. The van der Waals surface area contributed by atoms with Crippen LogP contribution in [0.1, 0.15) is 5.56 Å². The summed E-state index contributed by atoms with van der Waals surface area (Å²) < 4.78 is 0. The van der Waals surface area contributed by atoms with Gasteiger partial charge in [-0.2, -0.15) is 0 Å². The minimum atomic E-state index is 0.0447. The van der Waals surface area contributed by atoms with Crippen LogP contribution < -0.4 is 0 Å². The van der Waals surface area contributed by atoms with Crippen molar-refractivity contribution in [2.24, 2.45) is 0 Å². The lowest BCUT2D eigenvalue weighted by atomic mass is 10.3. The van der Waals surface area contributed by atoms with Crippen molar-refractivity contribution in [3.63, 3.8) is 0 Å². The second kappa shape index (κ2) is 4.47. The molecule has 1 aromatic heterocycles. The van der Waals surface area contributed by atoms with Gasteiger partial charge in [-0.15, -0.1) is 11.6 Å². The summed E-state index contributed by atoms with van der Waals surface area (Å²) in [6.45, 7) is 0. The minimum absolute atomic E-state index is 0.0447. The maximum Gasteiger partial charge on any atom is 0.225 e. The lowest BCUT2D eigenvalue weighted by molar-refractivity contribution is 1.05. The first-order valence-electron chi connectivity index (χ1n) is 3.08. The molecule has 0 bridgehead atoms. The van der Waals surface area contributed by atoms with Crippen LogP contribution in [0.3, 0.4) is 0 Å². The van der Waals surface area contributed by atoms with Crippen molar-refractivity contribution in [2.75, 3.05) is 5.88 Å². The second-order valence-electron chi connectivity index (χ2n) is 1.99. The molecule has 66 valence electrons. The van der Waals surface area contributed by atoms with Crippen molar-refractivity contribution < 1.29 is 0 Å². The van der Waals surface area contributed by atoms with Crippen LogP contribution >= 0.6 is 46.4 Å². The molecule has 1 aromatic rings. The molecule has 0 unspecified atom stereocenters. The summed E-state index contributed by atoms with van der Waals surface area (Å²) >= 11 is 22.5. The van der Waals surface area contributed by atoms with Crippen molar-refractivity contribution in [1.82, 2.24) is 9.97 Å². The average Bonchev–Trinajstić information content (AvgIpc) is 1.96. The standard InChI is InChI=1S/C6H4Cl4N2/c7-2-1-3-4(8)11-6(10)12-5(3)9/h1-2H2. The number of rotatable bonds is 2. The van der Waals surface area contributed by atoms with E-state index in [1.165, 1.54) is 0 Å². The Hall–Kier alpha value is 0.240. The van der Waals surface area contributed by atoms with E-state index in [1.54, 1.807) is 0 Å². The van der Waals surface area contributed by atoms with Gasteiger partial charge < -0.3 is 0 Å². The lowest BCUT2D eigenvalue weighted by Gasteiger charge is -2.02. The van der Waals surface area contributed by atoms with Gasteiger partial charge in [-0.05, 0) is 18.0 Å². The van der Waals surface area contributed by atoms with Crippen LogP contribution in [0.2, 0.25) is 15.6 Å². The summed E-state index contributed by atoms with van der Waals surface area (Å²) in [7, 11) is 0. The fourth-order valence-electron chi connectivity index (χ4n) is 0.708. The topological polar surface area (TPSA) is 25.8 Å². The molecule has 6 heteroatoms. The highest BCUT2D eigenvalue weighted by molar-refractivity contribution is 6.36. The van der Waals surface area contributed by atoms with Gasteiger partial charge in [0.15, 0.2) is 0 Å². The summed E-state index contributed by atoms with van der Waals surface area (Å²) in [5.74, 6) is 0.421. The predicted octanol–water partition coefficient (Wildman–Crippen LogP) is 3.22. The van der Waals surface area contributed by atoms with Crippen LogP contribution in [0.25, 0.3) is 0 Å². The zero-order chi connectivity index (χ0) is 9.14. The number of nitrogens with zero attached hydrogens (tertiary/aromatic N) is 2. The van der Waals surface area contributed by atoms with Gasteiger partial charge in [0.2, 0.25) is 5.28 Å². The highest BCUT2D eigenvalue weighted by Crippen LogP contribution is 2.23. The van der Waals surface area contributed by atoms with Crippen LogP contribution in [0.5, 0.6) is 0 Å². The highest BCUT2D eigenvalue weighted by Gasteiger charge is 2.09. The molecule has 0 N–H and O–H groups in total. The van der Waals surface area contributed by atoms with E-state index >= 15 is 0 Å². The van der Waals surface area contributed by atoms with Gasteiger partial charge in [-0.25, -0.2) is 9.97 Å². The number of aromatic nitrogens is 2. The zero-order valence-electron chi connectivity index (χ0n) is 5.82. The molecule has 1 rings (SSSR count). The number of halogens is 4. The summed E-state index contributed by atoms with van der Waals surface area (Å²) in [4.78, 5) is 7.46. The highest BCUT2D eigenvalue weighted by atomic mass is 35.5. The largest absolute Gasteiger partial charge is 0.225 e. The van der Waals surface area contributed by atoms with Crippen molar-refractivity contribution in [1.29, 1.82) is 0 Å². The smallest absolute Gasteiger partial charge is 0.206 e. The first kappa shape index (κ1) is 10.3. The third-order valence-corrected chi connectivity index (χ3v) is 2.21. The summed E-state index contributed by atoms with van der Waals surface area (Å²) in [5, 5.41) is 0.574. The minimum Gasteiger partial charge on any atom is -0.206 e. The van der Waals surface area contributed by atoms with Crippen LogP contribution in [0.15, 0.2) is 0 Å². The monoisotopic (exact) mass is 244 g/mol. The SMILES string of the molecule is ClCCc1c(Cl)nc(Cl)nc1Cl. The Kier molecular flexibility index (Phi) is 3.84. The van der Waals surface area contributed by atoms with Gasteiger partial charge in [-0.3, -0.25) is 0 Å². The van der Waals surface area contributed by atoms with Crippen LogP contribution in [0, 0.1) is 0 Å². The normalized spacial score (nSPS) is 10.3. The van der Waals surface area contributed by atoms with Crippen molar-refractivity contribution >= 4 is 46.4 Å². The molecule has 0 amide bonds. The molecular weight excluding hydrogens is 242 g/mol. The lowest BCUT2D eigenvalue weighted by Crippen LogP contribution is -1.95. The summed E-state index contributed by atoms with van der Waals surface area (Å²) in [6.07, 6.45) is 0.538. The summed E-state index contributed by atoms with van der Waals surface area (Å²) in [5.41, 5.74) is 0.637. The molecule has 0 aliphatic rings. The Morgan fingerprint density at radius 3 is 1.92 bits per heavy atom. The number of hydrogen-bond donors (Lipinski definition) is 0. The second-order valence-corrected chi connectivity index (χ2v) is 3.42. The third kappa shape index (κ3) is 2.36. The first-order valence-corrected chi connectivity index (χ1v) is 4.75. The first-order chi connectivity index (χ1) is 5.65. The molecular formula is C6H4Cl4N2. The maximum absolute atomic E-state index is 5.73.